The summed E-state index contributed by atoms with van der Waals surface area (Å²) in [4.78, 5) is 4.40. The van der Waals surface area contributed by atoms with E-state index in [1.54, 1.807) is 6.20 Å². The lowest BCUT2D eigenvalue weighted by Crippen LogP contribution is -2.17. The van der Waals surface area contributed by atoms with Gasteiger partial charge in [0, 0.05) is 17.8 Å². The Labute approximate surface area is 101 Å². The van der Waals surface area contributed by atoms with Crippen molar-refractivity contribution >= 4 is 5.71 Å². The first kappa shape index (κ1) is 15.2. The van der Waals surface area contributed by atoms with E-state index in [0.29, 0.717) is 11.8 Å². The molecule has 1 heteroatoms. The third kappa shape index (κ3) is 4.78. The summed E-state index contributed by atoms with van der Waals surface area (Å²) in [5, 5.41) is 0. The zero-order valence-electron chi connectivity index (χ0n) is 12.0. The summed E-state index contributed by atoms with van der Waals surface area (Å²) in [6, 6.07) is 0. The van der Waals surface area contributed by atoms with E-state index in [9.17, 15) is 0 Å². The van der Waals surface area contributed by atoms with E-state index < -0.39 is 0 Å². The molecule has 0 saturated carbocycles. The van der Waals surface area contributed by atoms with Crippen molar-refractivity contribution in [3.63, 3.8) is 0 Å². The molecule has 0 aliphatic carbocycles. The van der Waals surface area contributed by atoms with Crippen LogP contribution in [0, 0.1) is 17.3 Å². The lowest BCUT2D eigenvalue weighted by Gasteiger charge is -2.22. The number of aliphatic imine (C=N–C) groups is 1. The smallest absolute Gasteiger partial charge is 0.0433 e. The van der Waals surface area contributed by atoms with Gasteiger partial charge in [0.1, 0.15) is 0 Å². The third-order valence-electron chi connectivity index (χ3n) is 3.25. The van der Waals surface area contributed by atoms with Crippen LogP contribution in [0.2, 0.25) is 0 Å². The first-order valence-electron chi connectivity index (χ1n) is 6.07. The maximum absolute atomic E-state index is 4.40. The van der Waals surface area contributed by atoms with E-state index in [0.717, 1.165) is 5.71 Å². The minimum Gasteiger partial charge on any atom is -0.262 e. The zero-order valence-corrected chi connectivity index (χ0v) is 12.0. The van der Waals surface area contributed by atoms with Crippen LogP contribution >= 0.6 is 0 Å². The maximum atomic E-state index is 4.40. The van der Waals surface area contributed by atoms with Crippen LogP contribution in [-0.4, -0.2) is 5.71 Å². The molecular formula is C15H27N. The Morgan fingerprint density at radius 3 is 2.00 bits per heavy atom. The quantitative estimate of drug-likeness (QED) is 0.601. The number of hydrogen-bond donors (Lipinski definition) is 0. The van der Waals surface area contributed by atoms with E-state index in [1.165, 1.54) is 5.57 Å². The predicted octanol–water partition coefficient (Wildman–Crippen LogP) is 4.86. The third-order valence-corrected chi connectivity index (χ3v) is 3.25. The van der Waals surface area contributed by atoms with Gasteiger partial charge >= 0.3 is 0 Å². The maximum Gasteiger partial charge on any atom is 0.0433 e. The summed E-state index contributed by atoms with van der Waals surface area (Å²) in [6.45, 7) is 19.2. The summed E-state index contributed by atoms with van der Waals surface area (Å²) in [7, 11) is 0. The minimum absolute atomic E-state index is 0.207. The Bertz CT molecular complexity index is 287. The average Bonchev–Trinajstić information content (AvgIpc) is 2.14. The van der Waals surface area contributed by atoms with Crippen molar-refractivity contribution < 1.29 is 0 Å². The molecule has 1 unspecified atom stereocenters. The number of hydrogen-bond acceptors (Lipinski definition) is 1. The van der Waals surface area contributed by atoms with Crippen LogP contribution in [0.3, 0.4) is 0 Å². The molecule has 16 heavy (non-hydrogen) atoms. The number of nitrogens with zero attached hydrogens (tertiary/aromatic N) is 1. The number of allylic oxidation sites excluding steroid dienone is 2. The van der Waals surface area contributed by atoms with Gasteiger partial charge in [0.15, 0.2) is 0 Å². The molecule has 0 aromatic heterocycles. The molecule has 0 heterocycles. The zero-order chi connectivity index (χ0) is 12.9. The fourth-order valence-electron chi connectivity index (χ4n) is 1.17. The van der Waals surface area contributed by atoms with Crippen LogP contribution in [-0.2, 0) is 0 Å². The molecule has 0 amide bonds. The van der Waals surface area contributed by atoms with Gasteiger partial charge in [0.2, 0.25) is 0 Å². The molecule has 0 rings (SSSR count). The molecule has 1 atom stereocenters. The molecule has 0 aliphatic heterocycles. The Hall–Kier alpha value is -0.850. The second-order valence-corrected chi connectivity index (χ2v) is 5.85. The highest BCUT2D eigenvalue weighted by molar-refractivity contribution is 5.97. The van der Waals surface area contributed by atoms with Gasteiger partial charge in [-0.2, -0.15) is 0 Å². The Morgan fingerprint density at radius 1 is 1.19 bits per heavy atom. The topological polar surface area (TPSA) is 12.4 Å². The molecule has 0 spiro atoms. The van der Waals surface area contributed by atoms with Gasteiger partial charge in [-0.3, -0.25) is 4.99 Å². The molecule has 0 aromatic carbocycles. The highest BCUT2D eigenvalue weighted by Gasteiger charge is 2.17. The molecular weight excluding hydrogens is 194 g/mol. The largest absolute Gasteiger partial charge is 0.262 e. The van der Waals surface area contributed by atoms with Crippen molar-refractivity contribution in [1.29, 1.82) is 0 Å². The van der Waals surface area contributed by atoms with Gasteiger partial charge in [-0.1, -0.05) is 53.7 Å². The first-order chi connectivity index (χ1) is 7.20. The highest BCUT2D eigenvalue weighted by atomic mass is 14.7. The summed E-state index contributed by atoms with van der Waals surface area (Å²) >= 11 is 0. The summed E-state index contributed by atoms with van der Waals surface area (Å²) in [5.74, 6) is 1.07. The second kappa shape index (κ2) is 6.03. The lowest BCUT2D eigenvalue weighted by molar-refractivity contribution is 0.501. The van der Waals surface area contributed by atoms with Gasteiger partial charge in [-0.15, -0.1) is 0 Å². The standard InChI is InChI=1S/C15H27N/c1-9-16-14(13(5)11(2)3)10-12(4)15(6,7)8/h9-11,13H,1H2,2-8H3/b12-10+,16-14+. The van der Waals surface area contributed by atoms with Crippen LogP contribution in [0.5, 0.6) is 0 Å². The minimum atomic E-state index is 0.207. The van der Waals surface area contributed by atoms with Crippen molar-refractivity contribution in [1.82, 2.24) is 0 Å². The molecule has 0 fully saturated rings. The first-order valence-corrected chi connectivity index (χ1v) is 6.07. The summed E-state index contributed by atoms with van der Waals surface area (Å²) < 4.78 is 0. The van der Waals surface area contributed by atoms with Gasteiger partial charge < -0.3 is 0 Å². The van der Waals surface area contributed by atoms with Crippen molar-refractivity contribution in [2.45, 2.75) is 48.5 Å². The Kier molecular flexibility index (Phi) is 5.71. The predicted molar refractivity (Wildman–Crippen MR) is 74.8 cm³/mol. The molecule has 0 saturated heterocycles. The molecule has 0 aliphatic rings. The monoisotopic (exact) mass is 221 g/mol. The number of rotatable bonds is 4. The molecule has 1 nitrogen and oxygen atoms in total. The van der Waals surface area contributed by atoms with Crippen LogP contribution in [0.4, 0.5) is 0 Å². The molecule has 0 radical (unpaired) electrons. The van der Waals surface area contributed by atoms with E-state index in [4.69, 9.17) is 0 Å². The SMILES string of the molecule is C=C/N=C(\C=C(/C)C(C)(C)C)C(C)C(C)C. The lowest BCUT2D eigenvalue weighted by atomic mass is 9.84. The fourth-order valence-corrected chi connectivity index (χ4v) is 1.17. The van der Waals surface area contributed by atoms with E-state index in [1.807, 2.05) is 0 Å². The van der Waals surface area contributed by atoms with Gasteiger partial charge in [0.05, 0.1) is 0 Å². The Balaban J connectivity index is 5.12. The van der Waals surface area contributed by atoms with E-state index >= 15 is 0 Å². The Morgan fingerprint density at radius 2 is 1.69 bits per heavy atom. The van der Waals surface area contributed by atoms with Crippen LogP contribution in [0.1, 0.15) is 48.5 Å². The van der Waals surface area contributed by atoms with Gasteiger partial charge in [0.25, 0.3) is 0 Å². The second-order valence-electron chi connectivity index (χ2n) is 5.85. The van der Waals surface area contributed by atoms with Crippen molar-refractivity contribution in [2.75, 3.05) is 0 Å². The van der Waals surface area contributed by atoms with Crippen molar-refractivity contribution in [3.05, 3.63) is 24.4 Å². The molecule has 0 N–H and O–H groups in total. The highest BCUT2D eigenvalue weighted by Crippen LogP contribution is 2.25. The summed E-state index contributed by atoms with van der Waals surface area (Å²) in [5.41, 5.74) is 2.71. The van der Waals surface area contributed by atoms with Crippen LogP contribution in [0.25, 0.3) is 0 Å². The molecule has 92 valence electrons. The van der Waals surface area contributed by atoms with E-state index in [2.05, 4.69) is 66.1 Å². The van der Waals surface area contributed by atoms with Crippen LogP contribution in [0.15, 0.2) is 29.4 Å². The van der Waals surface area contributed by atoms with Gasteiger partial charge in [-0.25, -0.2) is 0 Å². The summed E-state index contributed by atoms with van der Waals surface area (Å²) in [6.07, 6.45) is 3.85. The average molecular weight is 221 g/mol. The van der Waals surface area contributed by atoms with Crippen molar-refractivity contribution in [3.8, 4) is 0 Å². The normalized spacial score (nSPS) is 16.5. The van der Waals surface area contributed by atoms with E-state index in [-0.39, 0.29) is 5.41 Å². The fraction of sp³-hybridized carbons (Fsp3) is 0.667. The van der Waals surface area contributed by atoms with Crippen LogP contribution < -0.4 is 0 Å². The molecule has 0 aromatic rings. The van der Waals surface area contributed by atoms with Crippen molar-refractivity contribution in [2.24, 2.45) is 22.2 Å². The molecule has 0 bridgehead atoms. The van der Waals surface area contributed by atoms with Gasteiger partial charge in [-0.05, 0) is 24.3 Å².